The molecule has 1 aromatic rings. The summed E-state index contributed by atoms with van der Waals surface area (Å²) in [5.74, 6) is 0.986. The van der Waals surface area contributed by atoms with Crippen molar-refractivity contribution in [1.29, 1.82) is 0 Å². The van der Waals surface area contributed by atoms with Gasteiger partial charge < -0.3 is 5.32 Å². The summed E-state index contributed by atoms with van der Waals surface area (Å²) in [4.78, 5) is 12.2. The van der Waals surface area contributed by atoms with Gasteiger partial charge in [-0.25, -0.2) is 8.42 Å². The smallest absolute Gasteiger partial charge is 0.243 e. The lowest BCUT2D eigenvalue weighted by Crippen LogP contribution is -2.39. The Bertz CT molecular complexity index is 684. The Morgan fingerprint density at radius 3 is 2.43 bits per heavy atom. The van der Waals surface area contributed by atoms with Gasteiger partial charge in [0.05, 0.1) is 4.90 Å². The summed E-state index contributed by atoms with van der Waals surface area (Å²) in [7, 11) is -3.43. The Kier molecular flexibility index (Phi) is 4.47. The monoisotopic (exact) mass is 336 g/mol. The first-order chi connectivity index (χ1) is 10.9. The van der Waals surface area contributed by atoms with Crippen LogP contribution in [0.15, 0.2) is 29.2 Å². The lowest BCUT2D eigenvalue weighted by molar-refractivity contribution is -0.117. The molecule has 1 saturated carbocycles. The van der Waals surface area contributed by atoms with E-state index in [0.717, 1.165) is 19.3 Å². The number of amides is 1. The second-order valence-electron chi connectivity index (χ2n) is 6.94. The minimum atomic E-state index is -3.43. The van der Waals surface area contributed by atoms with Gasteiger partial charge in [0, 0.05) is 24.7 Å². The van der Waals surface area contributed by atoms with Crippen molar-refractivity contribution in [2.45, 2.75) is 38.0 Å². The third-order valence-corrected chi connectivity index (χ3v) is 6.70. The van der Waals surface area contributed by atoms with Crippen LogP contribution in [0.5, 0.6) is 0 Å². The molecule has 0 spiro atoms. The molecule has 0 radical (unpaired) electrons. The Hall–Kier alpha value is -1.40. The summed E-state index contributed by atoms with van der Waals surface area (Å²) >= 11 is 0. The van der Waals surface area contributed by atoms with Gasteiger partial charge in [-0.05, 0) is 55.4 Å². The summed E-state index contributed by atoms with van der Waals surface area (Å²) in [6.45, 7) is 5.31. The molecule has 23 heavy (non-hydrogen) atoms. The Labute approximate surface area is 138 Å². The number of carbonyl (C=O) groups is 1. The highest BCUT2D eigenvalue weighted by molar-refractivity contribution is 7.89. The molecule has 1 aromatic carbocycles. The van der Waals surface area contributed by atoms with Gasteiger partial charge in [-0.15, -0.1) is 0 Å². The highest BCUT2D eigenvalue weighted by atomic mass is 32.2. The van der Waals surface area contributed by atoms with Gasteiger partial charge >= 0.3 is 0 Å². The van der Waals surface area contributed by atoms with E-state index >= 15 is 0 Å². The number of hydrogen-bond acceptors (Lipinski definition) is 3. The Morgan fingerprint density at radius 1 is 1.22 bits per heavy atom. The quantitative estimate of drug-likeness (QED) is 0.919. The van der Waals surface area contributed by atoms with Crippen LogP contribution >= 0.6 is 0 Å². The van der Waals surface area contributed by atoms with Gasteiger partial charge in [-0.3, -0.25) is 4.79 Å². The number of anilines is 1. The molecule has 1 N–H and O–H groups in total. The summed E-state index contributed by atoms with van der Waals surface area (Å²) in [5, 5.41) is 2.85. The molecular weight excluding hydrogens is 312 g/mol. The molecule has 3 rings (SSSR count). The standard InChI is InChI=1S/C17H24N2O3S/c1-12-4-3-9-19(11-12)23(21,22)15-7-5-14(6-8-15)18-17(20)16-10-13(16)2/h5-8,12-13,16H,3-4,9-11H2,1-2H3,(H,18,20). The molecule has 2 aliphatic rings. The van der Waals surface area contributed by atoms with E-state index in [9.17, 15) is 13.2 Å². The molecule has 5 nitrogen and oxygen atoms in total. The maximum atomic E-state index is 12.7. The van der Waals surface area contributed by atoms with Crippen LogP contribution in [0.3, 0.4) is 0 Å². The van der Waals surface area contributed by atoms with Crippen molar-refractivity contribution < 1.29 is 13.2 Å². The van der Waals surface area contributed by atoms with Gasteiger partial charge in [0.1, 0.15) is 0 Å². The molecule has 1 aliphatic carbocycles. The third-order valence-electron chi connectivity index (χ3n) is 4.83. The number of nitrogens with one attached hydrogen (secondary N) is 1. The van der Waals surface area contributed by atoms with E-state index in [1.54, 1.807) is 28.6 Å². The number of hydrogen-bond donors (Lipinski definition) is 1. The van der Waals surface area contributed by atoms with Crippen molar-refractivity contribution in [3.05, 3.63) is 24.3 Å². The van der Waals surface area contributed by atoms with Crippen molar-refractivity contribution in [1.82, 2.24) is 4.31 Å². The van der Waals surface area contributed by atoms with Gasteiger partial charge in [0.15, 0.2) is 0 Å². The number of rotatable bonds is 4. The zero-order valence-corrected chi connectivity index (χ0v) is 14.5. The Morgan fingerprint density at radius 2 is 1.87 bits per heavy atom. The van der Waals surface area contributed by atoms with Crippen LogP contribution in [0, 0.1) is 17.8 Å². The largest absolute Gasteiger partial charge is 0.326 e. The molecule has 1 amide bonds. The van der Waals surface area contributed by atoms with E-state index in [1.165, 1.54) is 0 Å². The number of carbonyl (C=O) groups excluding carboxylic acids is 1. The van der Waals surface area contributed by atoms with Crippen molar-refractivity contribution >= 4 is 21.6 Å². The summed E-state index contributed by atoms with van der Waals surface area (Å²) in [5.41, 5.74) is 0.653. The predicted octanol–water partition coefficient (Wildman–Crippen LogP) is 2.70. The molecule has 6 heteroatoms. The highest BCUT2D eigenvalue weighted by Gasteiger charge is 2.39. The van der Waals surface area contributed by atoms with Crippen molar-refractivity contribution in [3.63, 3.8) is 0 Å². The maximum Gasteiger partial charge on any atom is 0.243 e. The molecule has 1 aliphatic heterocycles. The summed E-state index contributed by atoms with van der Waals surface area (Å²) in [6.07, 6.45) is 2.93. The third kappa shape index (κ3) is 3.58. The molecule has 1 heterocycles. The molecule has 0 bridgehead atoms. The fourth-order valence-corrected chi connectivity index (χ4v) is 4.74. The number of sulfonamides is 1. The van der Waals surface area contributed by atoms with E-state index in [1.807, 2.05) is 0 Å². The van der Waals surface area contributed by atoms with Crippen LogP contribution < -0.4 is 5.32 Å². The molecule has 126 valence electrons. The number of piperidine rings is 1. The topological polar surface area (TPSA) is 66.5 Å². The maximum absolute atomic E-state index is 12.7. The average Bonchev–Trinajstić information content (AvgIpc) is 3.25. The lowest BCUT2D eigenvalue weighted by Gasteiger charge is -2.30. The number of nitrogens with zero attached hydrogens (tertiary/aromatic N) is 1. The van der Waals surface area contributed by atoms with Crippen molar-refractivity contribution in [2.75, 3.05) is 18.4 Å². The molecular formula is C17H24N2O3S. The average molecular weight is 336 g/mol. The summed E-state index contributed by atoms with van der Waals surface area (Å²) < 4.78 is 26.9. The van der Waals surface area contributed by atoms with Crippen LogP contribution in [-0.4, -0.2) is 31.7 Å². The molecule has 3 unspecified atom stereocenters. The van der Waals surface area contributed by atoms with E-state index in [2.05, 4.69) is 19.2 Å². The fraction of sp³-hybridized carbons (Fsp3) is 0.588. The fourth-order valence-electron chi connectivity index (χ4n) is 3.15. The van der Waals surface area contributed by atoms with E-state index < -0.39 is 10.0 Å². The van der Waals surface area contributed by atoms with Crippen LogP contribution in [0.1, 0.15) is 33.1 Å². The van der Waals surface area contributed by atoms with Gasteiger partial charge in [-0.1, -0.05) is 13.8 Å². The molecule has 2 fully saturated rings. The van der Waals surface area contributed by atoms with Gasteiger partial charge in [0.25, 0.3) is 0 Å². The van der Waals surface area contributed by atoms with Crippen LogP contribution in [0.4, 0.5) is 5.69 Å². The molecule has 0 aromatic heterocycles. The van der Waals surface area contributed by atoms with Crippen LogP contribution in [0.2, 0.25) is 0 Å². The lowest BCUT2D eigenvalue weighted by atomic mass is 10.0. The first kappa shape index (κ1) is 16.5. The van der Waals surface area contributed by atoms with Crippen molar-refractivity contribution in [3.8, 4) is 0 Å². The number of benzene rings is 1. The van der Waals surface area contributed by atoms with E-state index in [0.29, 0.717) is 35.5 Å². The minimum Gasteiger partial charge on any atom is -0.326 e. The van der Waals surface area contributed by atoms with Crippen LogP contribution in [-0.2, 0) is 14.8 Å². The molecule has 1 saturated heterocycles. The highest BCUT2D eigenvalue weighted by Crippen LogP contribution is 2.38. The van der Waals surface area contributed by atoms with Crippen molar-refractivity contribution in [2.24, 2.45) is 17.8 Å². The SMILES string of the molecule is CC1CCCN(S(=O)(=O)c2ccc(NC(=O)C3CC3C)cc2)C1. The second kappa shape index (κ2) is 6.24. The Balaban J connectivity index is 1.69. The van der Waals surface area contributed by atoms with Crippen LogP contribution in [0.25, 0.3) is 0 Å². The van der Waals surface area contributed by atoms with E-state index in [4.69, 9.17) is 0 Å². The normalized spacial score (nSPS) is 28.3. The second-order valence-corrected chi connectivity index (χ2v) is 8.88. The van der Waals surface area contributed by atoms with E-state index in [-0.39, 0.29) is 11.8 Å². The zero-order chi connectivity index (χ0) is 16.6. The molecule has 3 atom stereocenters. The van der Waals surface area contributed by atoms with Gasteiger partial charge in [0.2, 0.25) is 15.9 Å². The minimum absolute atomic E-state index is 0.0259. The van der Waals surface area contributed by atoms with Gasteiger partial charge in [-0.2, -0.15) is 4.31 Å². The summed E-state index contributed by atoms with van der Waals surface area (Å²) in [6, 6.07) is 6.51. The zero-order valence-electron chi connectivity index (χ0n) is 13.7. The first-order valence-electron chi connectivity index (χ1n) is 8.29. The first-order valence-corrected chi connectivity index (χ1v) is 9.73. The predicted molar refractivity (Wildman–Crippen MR) is 89.5 cm³/mol.